The first-order chi connectivity index (χ1) is 11.8. The molecule has 24 heavy (non-hydrogen) atoms. The molecule has 0 radical (unpaired) electrons. The number of rotatable bonds is 5. The molecule has 0 unspecified atom stereocenters. The van der Waals surface area contributed by atoms with Crippen LogP contribution >= 0.6 is 11.8 Å². The maximum atomic E-state index is 12.1. The summed E-state index contributed by atoms with van der Waals surface area (Å²) in [5, 5.41) is 6.05. The van der Waals surface area contributed by atoms with Gasteiger partial charge in [-0.2, -0.15) is 11.8 Å². The summed E-state index contributed by atoms with van der Waals surface area (Å²) >= 11 is 2.05. The zero-order valence-electron chi connectivity index (χ0n) is 14.4. The first kappa shape index (κ1) is 17.6. The van der Waals surface area contributed by atoms with Gasteiger partial charge in [0.05, 0.1) is 0 Å². The van der Waals surface area contributed by atoms with Gasteiger partial charge in [0, 0.05) is 42.9 Å². The van der Waals surface area contributed by atoms with Crippen molar-refractivity contribution >= 4 is 23.5 Å². The van der Waals surface area contributed by atoms with Gasteiger partial charge in [0.15, 0.2) is 0 Å². The molecule has 3 rings (SSSR count). The fourth-order valence-corrected chi connectivity index (χ4v) is 4.44. The molecule has 2 amide bonds. The van der Waals surface area contributed by atoms with E-state index in [0.717, 1.165) is 31.5 Å². The lowest BCUT2D eigenvalue weighted by atomic mass is 9.96. The average Bonchev–Trinajstić information content (AvgIpc) is 2.63. The van der Waals surface area contributed by atoms with Gasteiger partial charge in [-0.3, -0.25) is 0 Å². The summed E-state index contributed by atoms with van der Waals surface area (Å²) in [5.41, 5.74) is 2.22. The van der Waals surface area contributed by atoms with Gasteiger partial charge in [-0.1, -0.05) is 31.4 Å². The van der Waals surface area contributed by atoms with Gasteiger partial charge in [0.1, 0.15) is 0 Å². The van der Waals surface area contributed by atoms with Gasteiger partial charge in [0.25, 0.3) is 0 Å². The Hall–Kier alpha value is -1.20. The molecule has 5 heteroatoms. The van der Waals surface area contributed by atoms with Crippen LogP contribution in [-0.4, -0.2) is 48.1 Å². The van der Waals surface area contributed by atoms with Crippen molar-refractivity contribution in [2.75, 3.05) is 36.5 Å². The lowest BCUT2D eigenvalue weighted by Crippen LogP contribution is -2.39. The summed E-state index contributed by atoms with van der Waals surface area (Å²) in [6, 6.07) is 8.58. The Morgan fingerprint density at radius 3 is 2.50 bits per heavy atom. The minimum Gasteiger partial charge on any atom is -0.335 e. The Bertz CT molecular complexity index is 508. The highest BCUT2D eigenvalue weighted by Crippen LogP contribution is 2.18. The summed E-state index contributed by atoms with van der Waals surface area (Å²) in [4.78, 5) is 14.6. The summed E-state index contributed by atoms with van der Waals surface area (Å²) < 4.78 is 0. The topological polar surface area (TPSA) is 44.4 Å². The molecule has 0 atom stereocenters. The summed E-state index contributed by atoms with van der Waals surface area (Å²) in [5.74, 6) is 2.53. The van der Waals surface area contributed by atoms with Crippen molar-refractivity contribution < 1.29 is 4.79 Å². The summed E-state index contributed by atoms with van der Waals surface area (Å²) in [6.45, 7) is 3.56. The molecular weight excluding hydrogens is 318 g/mol. The van der Waals surface area contributed by atoms with Crippen LogP contribution in [0.15, 0.2) is 24.3 Å². The summed E-state index contributed by atoms with van der Waals surface area (Å²) in [7, 11) is 0. The third kappa shape index (κ3) is 5.71. The van der Waals surface area contributed by atoms with Crippen molar-refractivity contribution in [3.05, 3.63) is 29.8 Å². The maximum Gasteiger partial charge on any atom is 0.319 e. The van der Waals surface area contributed by atoms with E-state index in [1.807, 2.05) is 12.1 Å². The zero-order valence-corrected chi connectivity index (χ0v) is 15.2. The quantitative estimate of drug-likeness (QED) is 0.853. The molecule has 1 saturated carbocycles. The number of nitrogens with zero attached hydrogens (tertiary/aromatic N) is 1. The first-order valence-corrected chi connectivity index (χ1v) is 10.4. The number of amides is 2. The molecule has 1 aliphatic carbocycles. The van der Waals surface area contributed by atoms with Crippen LogP contribution in [0.1, 0.15) is 37.7 Å². The van der Waals surface area contributed by atoms with Gasteiger partial charge >= 0.3 is 6.03 Å². The second-order valence-corrected chi connectivity index (χ2v) is 8.06. The molecule has 2 aliphatic rings. The molecule has 4 nitrogen and oxygen atoms in total. The predicted molar refractivity (Wildman–Crippen MR) is 103 cm³/mol. The van der Waals surface area contributed by atoms with Crippen molar-refractivity contribution in [3.8, 4) is 0 Å². The van der Waals surface area contributed by atoms with Crippen molar-refractivity contribution in [1.82, 2.24) is 10.2 Å². The smallest absolute Gasteiger partial charge is 0.319 e. The fraction of sp³-hybridized carbons (Fsp3) is 0.632. The van der Waals surface area contributed by atoms with E-state index >= 15 is 0 Å². The minimum absolute atomic E-state index is 0.0690. The molecule has 1 saturated heterocycles. The number of benzene rings is 1. The standard InChI is InChI=1S/C19H29N3OS/c23-19(20-17-4-2-1-3-5-17)21-18-8-6-16(7-9-18)10-11-22-12-14-24-15-13-22/h6-9,17H,1-5,10-15H2,(H2,20,21,23). The first-order valence-electron chi connectivity index (χ1n) is 9.26. The van der Waals surface area contributed by atoms with Gasteiger partial charge in [-0.25, -0.2) is 4.79 Å². The normalized spacial score (nSPS) is 19.8. The molecular formula is C19H29N3OS. The van der Waals surface area contributed by atoms with Crippen LogP contribution in [0.4, 0.5) is 10.5 Å². The number of hydrogen-bond acceptors (Lipinski definition) is 3. The molecule has 2 N–H and O–H groups in total. The molecule has 0 spiro atoms. The highest BCUT2D eigenvalue weighted by Gasteiger charge is 2.15. The van der Waals surface area contributed by atoms with E-state index in [2.05, 4.69) is 39.4 Å². The van der Waals surface area contributed by atoms with Gasteiger partial charge in [0.2, 0.25) is 0 Å². The second-order valence-electron chi connectivity index (χ2n) is 6.83. The Morgan fingerprint density at radius 1 is 1.08 bits per heavy atom. The second kappa shape index (κ2) is 9.33. The van der Waals surface area contributed by atoms with Crippen molar-refractivity contribution in [3.63, 3.8) is 0 Å². The molecule has 1 aliphatic heterocycles. The third-order valence-electron chi connectivity index (χ3n) is 4.97. The molecule has 132 valence electrons. The van der Waals surface area contributed by atoms with Crippen molar-refractivity contribution in [1.29, 1.82) is 0 Å². The lowest BCUT2D eigenvalue weighted by Gasteiger charge is -2.26. The van der Waals surface area contributed by atoms with Crippen LogP contribution in [0.2, 0.25) is 0 Å². The SMILES string of the molecule is O=C(Nc1ccc(CCN2CCSCC2)cc1)NC1CCCCC1. The third-order valence-corrected chi connectivity index (χ3v) is 5.92. The Labute approximate surface area is 149 Å². The van der Waals surface area contributed by atoms with E-state index < -0.39 is 0 Å². The van der Waals surface area contributed by atoms with Crippen molar-refractivity contribution in [2.45, 2.75) is 44.6 Å². The number of carbonyl (C=O) groups excluding carboxylic acids is 1. The van der Waals surface area contributed by atoms with Gasteiger partial charge in [-0.05, 0) is 37.0 Å². The number of thioether (sulfide) groups is 1. The van der Waals surface area contributed by atoms with E-state index in [4.69, 9.17) is 0 Å². The maximum absolute atomic E-state index is 12.1. The predicted octanol–water partition coefficient (Wildman–Crippen LogP) is 3.73. The van der Waals surface area contributed by atoms with Crippen LogP contribution in [0.3, 0.4) is 0 Å². The average molecular weight is 348 g/mol. The number of anilines is 1. The number of nitrogens with one attached hydrogen (secondary N) is 2. The molecule has 2 fully saturated rings. The van der Waals surface area contributed by atoms with Gasteiger partial charge in [-0.15, -0.1) is 0 Å². The van der Waals surface area contributed by atoms with Crippen LogP contribution in [0.5, 0.6) is 0 Å². The van der Waals surface area contributed by atoms with E-state index in [0.29, 0.717) is 6.04 Å². The molecule has 1 aromatic carbocycles. The minimum atomic E-state index is -0.0690. The van der Waals surface area contributed by atoms with E-state index in [1.54, 1.807) is 0 Å². The zero-order chi connectivity index (χ0) is 16.6. The van der Waals surface area contributed by atoms with E-state index in [-0.39, 0.29) is 6.03 Å². The monoisotopic (exact) mass is 347 g/mol. The fourth-order valence-electron chi connectivity index (χ4n) is 3.47. The van der Waals surface area contributed by atoms with Crippen LogP contribution in [-0.2, 0) is 6.42 Å². The van der Waals surface area contributed by atoms with Crippen LogP contribution < -0.4 is 10.6 Å². The van der Waals surface area contributed by atoms with Gasteiger partial charge < -0.3 is 15.5 Å². The Balaban J connectivity index is 1.41. The number of urea groups is 1. The highest BCUT2D eigenvalue weighted by atomic mass is 32.2. The Kier molecular flexibility index (Phi) is 6.85. The number of carbonyl (C=O) groups is 1. The largest absolute Gasteiger partial charge is 0.335 e. The lowest BCUT2D eigenvalue weighted by molar-refractivity contribution is 0.244. The molecule has 0 bridgehead atoms. The molecule has 1 aromatic rings. The molecule has 1 heterocycles. The number of hydrogen-bond donors (Lipinski definition) is 2. The van der Waals surface area contributed by atoms with Crippen LogP contribution in [0, 0.1) is 0 Å². The van der Waals surface area contributed by atoms with Crippen molar-refractivity contribution in [2.24, 2.45) is 0 Å². The highest BCUT2D eigenvalue weighted by molar-refractivity contribution is 7.99. The summed E-state index contributed by atoms with van der Waals surface area (Å²) in [6.07, 6.45) is 7.07. The van der Waals surface area contributed by atoms with E-state index in [1.165, 1.54) is 49.4 Å². The Morgan fingerprint density at radius 2 is 1.79 bits per heavy atom. The molecule has 0 aromatic heterocycles. The van der Waals surface area contributed by atoms with Crippen LogP contribution in [0.25, 0.3) is 0 Å². The van der Waals surface area contributed by atoms with E-state index in [9.17, 15) is 4.79 Å².